The summed E-state index contributed by atoms with van der Waals surface area (Å²) in [7, 11) is 0. The summed E-state index contributed by atoms with van der Waals surface area (Å²) in [6.45, 7) is 6.64. The van der Waals surface area contributed by atoms with Crippen LogP contribution in [0.4, 0.5) is 0 Å². The summed E-state index contributed by atoms with van der Waals surface area (Å²) in [5, 5.41) is 7.41. The highest BCUT2D eigenvalue weighted by atomic mass is 32.1. The number of hydrogen-bond donors (Lipinski definition) is 0. The number of hydrogen-bond acceptors (Lipinski definition) is 3. The van der Waals surface area contributed by atoms with Crippen molar-refractivity contribution in [2.24, 2.45) is 0 Å². The molecule has 0 N–H and O–H groups in total. The second-order valence-corrected chi connectivity index (χ2v) is 11.9. The van der Waals surface area contributed by atoms with Crippen molar-refractivity contribution >= 4 is 64.1 Å². The molecule has 3 heteroatoms. The van der Waals surface area contributed by atoms with Crippen molar-refractivity contribution in [1.29, 1.82) is 0 Å². The smallest absolute Gasteiger partial charge is 0.0979 e. The fourth-order valence-electron chi connectivity index (χ4n) is 6.29. The Bertz CT molecular complexity index is 2270. The Morgan fingerprint density at radius 3 is 1.88 bits per heavy atom. The van der Waals surface area contributed by atoms with Gasteiger partial charge in [0.1, 0.15) is 0 Å². The second-order valence-electron chi connectivity index (χ2n) is 10.9. The van der Waals surface area contributed by atoms with E-state index in [9.17, 15) is 0 Å². The lowest BCUT2D eigenvalue weighted by Gasteiger charge is -2.11. The molecular formula is C37H26N2S. The van der Waals surface area contributed by atoms with Crippen LogP contribution >= 0.6 is 11.3 Å². The van der Waals surface area contributed by atoms with Gasteiger partial charge >= 0.3 is 0 Å². The Morgan fingerprint density at radius 1 is 0.500 bits per heavy atom. The number of nitrogens with zero attached hydrogens (tertiary/aromatic N) is 2. The Hall–Kier alpha value is -4.60. The molecule has 0 aliphatic rings. The van der Waals surface area contributed by atoms with E-state index < -0.39 is 0 Å². The number of fused-ring (bicyclic) bond motifs is 9. The third-order valence-electron chi connectivity index (χ3n) is 8.11. The van der Waals surface area contributed by atoms with Crippen LogP contribution in [0.25, 0.3) is 75.1 Å². The monoisotopic (exact) mass is 530 g/mol. The third kappa shape index (κ3) is 3.48. The SMILES string of the molecule is Cc1cc(C)c2sc3c(C)cc(-c4cccc(-c5cnc6c7ccccc7c7ccccc7c6n5)c4)cc3c2c1. The van der Waals surface area contributed by atoms with Crippen LogP contribution in [-0.2, 0) is 0 Å². The van der Waals surface area contributed by atoms with Crippen LogP contribution in [0.15, 0.2) is 103 Å². The van der Waals surface area contributed by atoms with E-state index in [2.05, 4.69) is 118 Å². The summed E-state index contributed by atoms with van der Waals surface area (Å²) in [5.74, 6) is 0. The van der Waals surface area contributed by atoms with Gasteiger partial charge in [-0.25, -0.2) is 4.98 Å². The first-order valence-corrected chi connectivity index (χ1v) is 14.5. The first-order valence-electron chi connectivity index (χ1n) is 13.7. The molecule has 0 fully saturated rings. The Balaban J connectivity index is 1.31. The molecule has 0 aliphatic carbocycles. The molecule has 2 heterocycles. The number of thiophene rings is 1. The van der Waals surface area contributed by atoms with Crippen molar-refractivity contribution in [3.8, 4) is 22.4 Å². The molecule has 40 heavy (non-hydrogen) atoms. The van der Waals surface area contributed by atoms with E-state index in [-0.39, 0.29) is 0 Å². The highest BCUT2D eigenvalue weighted by Gasteiger charge is 2.14. The van der Waals surface area contributed by atoms with Gasteiger partial charge in [-0.15, -0.1) is 11.3 Å². The molecule has 0 atom stereocenters. The Kier molecular flexibility index (Phi) is 5.07. The quantitative estimate of drug-likeness (QED) is 0.208. The molecule has 0 radical (unpaired) electrons. The summed E-state index contributed by atoms with van der Waals surface area (Å²) in [4.78, 5) is 10.2. The molecule has 0 saturated carbocycles. The van der Waals surface area contributed by atoms with Crippen LogP contribution in [0.5, 0.6) is 0 Å². The van der Waals surface area contributed by atoms with Crippen molar-refractivity contribution in [3.63, 3.8) is 0 Å². The van der Waals surface area contributed by atoms with Crippen molar-refractivity contribution in [2.45, 2.75) is 20.8 Å². The average Bonchev–Trinajstić information content (AvgIpc) is 3.37. The van der Waals surface area contributed by atoms with Gasteiger partial charge in [0, 0.05) is 36.5 Å². The van der Waals surface area contributed by atoms with Crippen molar-refractivity contribution in [1.82, 2.24) is 9.97 Å². The minimum Gasteiger partial charge on any atom is -0.252 e. The van der Waals surface area contributed by atoms with E-state index >= 15 is 0 Å². The van der Waals surface area contributed by atoms with E-state index in [0.29, 0.717) is 0 Å². The molecule has 0 saturated heterocycles. The van der Waals surface area contributed by atoms with Crippen LogP contribution in [-0.4, -0.2) is 9.97 Å². The van der Waals surface area contributed by atoms with Gasteiger partial charge in [-0.1, -0.05) is 78.4 Å². The molecule has 2 aromatic heterocycles. The van der Waals surface area contributed by atoms with Crippen molar-refractivity contribution in [3.05, 3.63) is 120 Å². The molecule has 2 nitrogen and oxygen atoms in total. The van der Waals surface area contributed by atoms with E-state index in [1.165, 1.54) is 58.8 Å². The second kappa shape index (κ2) is 8.70. The van der Waals surface area contributed by atoms with Crippen LogP contribution in [0, 0.1) is 20.8 Å². The van der Waals surface area contributed by atoms with Crippen molar-refractivity contribution < 1.29 is 0 Å². The lowest BCUT2D eigenvalue weighted by atomic mass is 9.97. The van der Waals surface area contributed by atoms with Crippen LogP contribution in [0.3, 0.4) is 0 Å². The molecule has 0 aliphatic heterocycles. The standard InChI is InChI=1S/C37H26N2S/c1-21-15-22(2)36-31(16-21)32-19-26(17-23(3)37(32)40-36)24-9-8-10-25(18-24)33-20-38-34-29-13-6-4-11-27(29)28-12-5-7-14-30(28)35(34)39-33/h4-20H,1-3H3. The normalized spacial score (nSPS) is 11.9. The lowest BCUT2D eigenvalue weighted by molar-refractivity contribution is 1.31. The molecule has 0 amide bonds. The summed E-state index contributed by atoms with van der Waals surface area (Å²) in [6, 6.07) is 35.1. The minimum atomic E-state index is 0.889. The summed E-state index contributed by atoms with van der Waals surface area (Å²) in [6.07, 6.45) is 1.93. The topological polar surface area (TPSA) is 25.8 Å². The van der Waals surface area contributed by atoms with E-state index in [1.54, 1.807) is 0 Å². The highest BCUT2D eigenvalue weighted by molar-refractivity contribution is 7.26. The van der Waals surface area contributed by atoms with Gasteiger partial charge < -0.3 is 0 Å². The van der Waals surface area contributed by atoms with E-state index in [0.717, 1.165) is 33.1 Å². The molecule has 190 valence electrons. The maximum atomic E-state index is 5.22. The zero-order valence-corrected chi connectivity index (χ0v) is 23.4. The number of aromatic nitrogens is 2. The first-order chi connectivity index (χ1) is 19.5. The van der Waals surface area contributed by atoms with Gasteiger partial charge in [0.15, 0.2) is 0 Å². The summed E-state index contributed by atoms with van der Waals surface area (Å²) in [5.41, 5.74) is 10.3. The summed E-state index contributed by atoms with van der Waals surface area (Å²) < 4.78 is 2.77. The highest BCUT2D eigenvalue weighted by Crippen LogP contribution is 2.41. The van der Waals surface area contributed by atoms with E-state index in [1.807, 2.05) is 17.5 Å². The molecular weight excluding hydrogens is 504 g/mol. The third-order valence-corrected chi connectivity index (χ3v) is 9.60. The predicted octanol–water partition coefficient (Wildman–Crippen LogP) is 10.6. The van der Waals surface area contributed by atoms with Gasteiger partial charge in [0.2, 0.25) is 0 Å². The predicted molar refractivity (Wildman–Crippen MR) is 173 cm³/mol. The fraction of sp³-hybridized carbons (Fsp3) is 0.0811. The molecule has 0 unspecified atom stereocenters. The van der Waals surface area contributed by atoms with Gasteiger partial charge in [0.05, 0.1) is 22.9 Å². The van der Waals surface area contributed by atoms with Gasteiger partial charge in [0.25, 0.3) is 0 Å². The number of aryl methyl sites for hydroxylation is 3. The van der Waals surface area contributed by atoms with Gasteiger partial charge in [-0.05, 0) is 78.1 Å². The molecule has 0 spiro atoms. The molecule has 8 rings (SSSR count). The van der Waals surface area contributed by atoms with Gasteiger partial charge in [-0.3, -0.25) is 4.98 Å². The molecule has 0 bridgehead atoms. The maximum Gasteiger partial charge on any atom is 0.0979 e. The molecule has 8 aromatic rings. The zero-order valence-electron chi connectivity index (χ0n) is 22.6. The van der Waals surface area contributed by atoms with Gasteiger partial charge in [-0.2, -0.15) is 0 Å². The van der Waals surface area contributed by atoms with Crippen molar-refractivity contribution in [2.75, 3.05) is 0 Å². The lowest BCUT2D eigenvalue weighted by Crippen LogP contribution is -1.92. The maximum absolute atomic E-state index is 5.22. The number of benzene rings is 6. The molecule has 6 aromatic carbocycles. The van der Waals surface area contributed by atoms with Crippen LogP contribution < -0.4 is 0 Å². The fourth-order valence-corrected chi connectivity index (χ4v) is 7.49. The average molecular weight is 531 g/mol. The largest absolute Gasteiger partial charge is 0.252 e. The number of rotatable bonds is 2. The van der Waals surface area contributed by atoms with E-state index in [4.69, 9.17) is 9.97 Å². The van der Waals surface area contributed by atoms with Crippen LogP contribution in [0.2, 0.25) is 0 Å². The zero-order chi connectivity index (χ0) is 27.0. The minimum absolute atomic E-state index is 0.889. The van der Waals surface area contributed by atoms with Crippen LogP contribution in [0.1, 0.15) is 16.7 Å². The first kappa shape index (κ1) is 23.3. The Labute approximate surface area is 236 Å². The Morgan fingerprint density at radius 2 is 1.12 bits per heavy atom. The summed E-state index contributed by atoms with van der Waals surface area (Å²) >= 11 is 1.91.